The van der Waals surface area contributed by atoms with Crippen LogP contribution in [0, 0.1) is 40.4 Å². The van der Waals surface area contributed by atoms with Crippen molar-refractivity contribution in [1.82, 2.24) is 0 Å². The molecule has 0 unspecified atom stereocenters. The van der Waals surface area contributed by atoms with Gasteiger partial charge in [-0.05, 0) is 80.5 Å². The van der Waals surface area contributed by atoms with E-state index in [1.165, 1.54) is 0 Å². The first-order valence-electron chi connectivity index (χ1n) is 23.7. The van der Waals surface area contributed by atoms with Gasteiger partial charge < -0.3 is 94.4 Å². The number of rotatable bonds is 12. The van der Waals surface area contributed by atoms with Gasteiger partial charge in [-0.25, -0.2) is 4.79 Å². The molecular formula is C46H72O20. The van der Waals surface area contributed by atoms with Gasteiger partial charge in [-0.1, -0.05) is 38.0 Å². The molecule has 8 aliphatic rings. The largest absolute Gasteiger partial charge is 0.458 e. The highest BCUT2D eigenvalue weighted by molar-refractivity contribution is 5.90. The van der Waals surface area contributed by atoms with E-state index in [2.05, 4.69) is 26.8 Å². The number of ether oxygens (including phenoxy) is 7. The molecule has 4 heterocycles. The van der Waals surface area contributed by atoms with Crippen LogP contribution in [-0.4, -0.2) is 204 Å². The Morgan fingerprint density at radius 3 is 2.00 bits per heavy atom. The number of carbonyl (C=O) groups excluding carboxylic acids is 1. The van der Waals surface area contributed by atoms with Gasteiger partial charge in [-0.2, -0.15) is 0 Å². The molecule has 4 aliphatic heterocycles. The number of aliphatic hydroxyl groups excluding tert-OH is 12. The molecule has 0 spiro atoms. The number of hydrogen-bond acceptors (Lipinski definition) is 20. The molecule has 0 bridgehead atoms. The summed E-state index contributed by atoms with van der Waals surface area (Å²) in [5, 5.41) is 127. The zero-order valence-corrected chi connectivity index (χ0v) is 38.0. The number of esters is 1. The third-order valence-corrected chi connectivity index (χ3v) is 17.5. The average molecular weight is 945 g/mol. The molecule has 25 atom stereocenters. The van der Waals surface area contributed by atoms with Crippen LogP contribution in [0.15, 0.2) is 22.8 Å². The van der Waals surface area contributed by atoms with E-state index < -0.39 is 136 Å². The molecule has 6 fully saturated rings. The number of hydrogen-bond donors (Lipinski definition) is 12. The summed E-state index contributed by atoms with van der Waals surface area (Å²) in [7, 11) is 0. The van der Waals surface area contributed by atoms with E-state index in [0.29, 0.717) is 36.2 Å². The second kappa shape index (κ2) is 19.8. The molecule has 0 amide bonds. The molecule has 376 valence electrons. The van der Waals surface area contributed by atoms with E-state index >= 15 is 0 Å². The quantitative estimate of drug-likeness (QED) is 0.0719. The lowest BCUT2D eigenvalue weighted by Crippen LogP contribution is -2.65. The number of aliphatic hydroxyl groups is 12. The number of cyclic esters (lactones) is 1. The zero-order chi connectivity index (χ0) is 47.7. The maximum absolute atomic E-state index is 12.7. The summed E-state index contributed by atoms with van der Waals surface area (Å²) in [5.74, 6) is 1.06. The molecular weight excluding hydrogens is 872 g/mol. The van der Waals surface area contributed by atoms with Gasteiger partial charge in [0.2, 0.25) is 0 Å². The summed E-state index contributed by atoms with van der Waals surface area (Å²) in [6.07, 6.45) is -18.0. The maximum atomic E-state index is 12.7. The van der Waals surface area contributed by atoms with Crippen molar-refractivity contribution in [1.29, 1.82) is 0 Å². The highest BCUT2D eigenvalue weighted by Crippen LogP contribution is 2.67. The lowest BCUT2D eigenvalue weighted by atomic mass is 9.46. The lowest BCUT2D eigenvalue weighted by molar-refractivity contribution is -0.365. The molecule has 0 radical (unpaired) electrons. The van der Waals surface area contributed by atoms with E-state index in [4.69, 9.17) is 33.2 Å². The van der Waals surface area contributed by atoms with Crippen LogP contribution < -0.4 is 0 Å². The normalized spacial score (nSPS) is 51.3. The summed E-state index contributed by atoms with van der Waals surface area (Å²) < 4.78 is 40.5. The third-order valence-electron chi connectivity index (χ3n) is 17.5. The van der Waals surface area contributed by atoms with Crippen molar-refractivity contribution in [3.8, 4) is 0 Å². The Labute approximate surface area is 383 Å². The second-order valence-corrected chi connectivity index (χ2v) is 20.8. The van der Waals surface area contributed by atoms with Crippen LogP contribution >= 0.6 is 0 Å². The van der Waals surface area contributed by atoms with Gasteiger partial charge in [0.15, 0.2) is 18.9 Å². The number of allylic oxidation sites excluding steroid dienone is 1. The van der Waals surface area contributed by atoms with Gasteiger partial charge >= 0.3 is 5.97 Å². The summed E-state index contributed by atoms with van der Waals surface area (Å²) in [6, 6.07) is 0. The molecule has 0 aromatic carbocycles. The minimum atomic E-state index is -1.87. The fraction of sp³-hybridized carbons (Fsp3) is 0.891. The maximum Gasteiger partial charge on any atom is 0.336 e. The Bertz CT molecular complexity index is 1780. The SMILES string of the molecule is CC1=C(CO)C(=O)O[C@@H]([C@@H](C)[C@H]2CC[C@H]3[C@@H]4CC=C5C[C@@H](O[C@@H]6O[C@H](CO[C@@H]7O[C@H](CO)[C@@H](O[C@@H]8O[C@H](CO)[C@@H](O)[C@H](O)[C@H]8O)[C@H](O)[C@H]7O)[C@@H](O)[C@H](O)[C@H]6O)C[C@H](O)[C@]5(C)[C@H]4CC[C@]23C)C1. The van der Waals surface area contributed by atoms with E-state index in [9.17, 15) is 66.1 Å². The Morgan fingerprint density at radius 1 is 0.727 bits per heavy atom. The molecule has 20 heteroatoms. The average Bonchev–Trinajstić information content (AvgIpc) is 3.65. The van der Waals surface area contributed by atoms with Gasteiger partial charge in [0, 0.05) is 18.3 Å². The van der Waals surface area contributed by atoms with Crippen molar-refractivity contribution in [2.45, 2.75) is 189 Å². The van der Waals surface area contributed by atoms with E-state index in [0.717, 1.165) is 43.3 Å². The fourth-order valence-corrected chi connectivity index (χ4v) is 13.5. The van der Waals surface area contributed by atoms with Crippen LogP contribution in [0.2, 0.25) is 0 Å². The highest BCUT2D eigenvalue weighted by atomic mass is 16.8. The predicted molar refractivity (Wildman–Crippen MR) is 224 cm³/mol. The van der Waals surface area contributed by atoms with E-state index in [1.807, 2.05) is 6.92 Å². The first-order chi connectivity index (χ1) is 31.3. The number of carbonyl (C=O) groups is 1. The predicted octanol–water partition coefficient (Wildman–Crippen LogP) is -2.37. The first kappa shape index (κ1) is 50.6. The minimum Gasteiger partial charge on any atom is -0.458 e. The van der Waals surface area contributed by atoms with Crippen molar-refractivity contribution in [3.05, 3.63) is 22.8 Å². The molecule has 66 heavy (non-hydrogen) atoms. The van der Waals surface area contributed by atoms with Crippen LogP contribution in [0.1, 0.15) is 79.1 Å². The molecule has 20 nitrogen and oxygen atoms in total. The Kier molecular flexibility index (Phi) is 15.2. The lowest BCUT2D eigenvalue weighted by Gasteiger charge is -2.60. The Hall–Kier alpha value is -1.77. The van der Waals surface area contributed by atoms with Crippen molar-refractivity contribution in [2.75, 3.05) is 26.4 Å². The van der Waals surface area contributed by atoms with Gasteiger partial charge in [-0.15, -0.1) is 0 Å². The molecule has 8 rings (SSSR count). The summed E-state index contributed by atoms with van der Waals surface area (Å²) >= 11 is 0. The van der Waals surface area contributed by atoms with Crippen LogP contribution in [0.5, 0.6) is 0 Å². The van der Waals surface area contributed by atoms with Crippen molar-refractivity contribution >= 4 is 5.97 Å². The molecule has 3 saturated heterocycles. The first-order valence-corrected chi connectivity index (χ1v) is 23.7. The second-order valence-electron chi connectivity index (χ2n) is 20.8. The van der Waals surface area contributed by atoms with Crippen molar-refractivity contribution in [3.63, 3.8) is 0 Å². The Balaban J connectivity index is 0.883. The molecule has 3 saturated carbocycles. The summed E-state index contributed by atoms with van der Waals surface area (Å²) in [6.45, 7) is 6.21. The van der Waals surface area contributed by atoms with E-state index in [-0.39, 0.29) is 36.4 Å². The molecule has 0 aromatic heterocycles. The minimum absolute atomic E-state index is 0.0324. The topological polar surface area (TPSA) is 324 Å². The van der Waals surface area contributed by atoms with Crippen molar-refractivity contribution < 1.29 is 99.2 Å². The van der Waals surface area contributed by atoms with Crippen LogP contribution in [0.25, 0.3) is 0 Å². The molecule has 4 aliphatic carbocycles. The summed E-state index contributed by atoms with van der Waals surface area (Å²) in [5.41, 5.74) is 1.82. The Morgan fingerprint density at radius 2 is 1.35 bits per heavy atom. The highest BCUT2D eigenvalue weighted by Gasteiger charge is 2.62. The third kappa shape index (κ3) is 8.76. The van der Waals surface area contributed by atoms with Gasteiger partial charge in [0.25, 0.3) is 0 Å². The molecule has 0 aromatic rings. The fourth-order valence-electron chi connectivity index (χ4n) is 13.5. The van der Waals surface area contributed by atoms with Crippen LogP contribution in [0.3, 0.4) is 0 Å². The summed E-state index contributed by atoms with van der Waals surface area (Å²) in [4.78, 5) is 12.7. The zero-order valence-electron chi connectivity index (χ0n) is 38.0. The van der Waals surface area contributed by atoms with Gasteiger partial charge in [-0.3, -0.25) is 0 Å². The molecule has 12 N–H and O–H groups in total. The van der Waals surface area contributed by atoms with Gasteiger partial charge in [0.1, 0.15) is 79.4 Å². The van der Waals surface area contributed by atoms with E-state index in [1.54, 1.807) is 0 Å². The standard InChI is InChI=1S/C46H72O20/c1-18-11-27(62-41(59)23(18)14-47)19(2)24-7-8-25-22-6-5-20-12-21(13-31(50)46(20,4)26(22)9-10-45(24,25)3)61-43-37(56)35(54)33(52)30(65-43)17-60-42-39(58)36(55)40(29(16-49)64-42)66-44-38(57)34(53)32(51)28(15-48)63-44/h5,19,21-22,24-40,42-44,47-58H,6-17H2,1-4H3/t19-,21+,22-,24+,25-,26-,27+,28+,29+,30+,31-,32+,33+,34-,35-,36+,37+,38+,39+,40+,42+,43+,44-,45+,46-/m0/s1. The van der Waals surface area contributed by atoms with Crippen molar-refractivity contribution in [2.24, 2.45) is 40.4 Å². The van der Waals surface area contributed by atoms with Gasteiger partial charge in [0.05, 0.1) is 44.2 Å². The van der Waals surface area contributed by atoms with Crippen LogP contribution in [0.4, 0.5) is 0 Å². The monoisotopic (exact) mass is 944 g/mol. The smallest absolute Gasteiger partial charge is 0.336 e. The number of fused-ring (bicyclic) bond motifs is 5. The van der Waals surface area contributed by atoms with Crippen LogP contribution in [-0.2, 0) is 38.0 Å².